The average molecular weight is 380 g/mol. The zero-order chi connectivity index (χ0) is 18.0. The van der Waals surface area contributed by atoms with Crippen LogP contribution in [0.5, 0.6) is 0 Å². The summed E-state index contributed by atoms with van der Waals surface area (Å²) < 4.78 is 46.7. The minimum atomic E-state index is -3.10. The maximum Gasteiger partial charge on any atom is 0.194 e. The van der Waals surface area contributed by atoms with Crippen LogP contribution in [0.3, 0.4) is 0 Å². The molecule has 2 heterocycles. The fourth-order valence-corrected chi connectivity index (χ4v) is 6.28. The fourth-order valence-electron chi connectivity index (χ4n) is 3.06. The SMILES string of the molecule is CCCNC(=NCC1CCS(=O)(=O)C1)N1CCS(=O)(=O)C(C)(C)C1. The Morgan fingerprint density at radius 1 is 1.25 bits per heavy atom. The van der Waals surface area contributed by atoms with E-state index in [1.165, 1.54) is 0 Å². The van der Waals surface area contributed by atoms with Gasteiger partial charge in [-0.1, -0.05) is 6.92 Å². The van der Waals surface area contributed by atoms with Crippen LogP contribution in [0, 0.1) is 5.92 Å². The van der Waals surface area contributed by atoms with Crippen LogP contribution in [0.4, 0.5) is 0 Å². The molecule has 2 rings (SSSR count). The Balaban J connectivity index is 2.09. The topological polar surface area (TPSA) is 95.9 Å². The summed E-state index contributed by atoms with van der Waals surface area (Å²) in [5, 5.41) is 3.28. The molecule has 1 N–H and O–H groups in total. The summed E-state index contributed by atoms with van der Waals surface area (Å²) >= 11 is 0. The largest absolute Gasteiger partial charge is 0.356 e. The zero-order valence-electron chi connectivity index (χ0n) is 14.8. The first kappa shape index (κ1) is 19.5. The van der Waals surface area contributed by atoms with Crippen LogP contribution in [0.25, 0.3) is 0 Å². The summed E-state index contributed by atoms with van der Waals surface area (Å²) in [6.45, 7) is 7.59. The third-order valence-electron chi connectivity index (χ3n) is 4.70. The Labute approximate surface area is 145 Å². The van der Waals surface area contributed by atoms with Crippen LogP contribution in [-0.4, -0.2) is 75.9 Å². The van der Waals surface area contributed by atoms with Gasteiger partial charge >= 0.3 is 0 Å². The Kier molecular flexibility index (Phi) is 5.84. The molecule has 0 aromatic rings. The molecule has 1 atom stereocenters. The first-order valence-electron chi connectivity index (χ1n) is 8.52. The molecule has 140 valence electrons. The minimum absolute atomic E-state index is 0.0648. The van der Waals surface area contributed by atoms with E-state index in [0.717, 1.165) is 13.0 Å². The highest BCUT2D eigenvalue weighted by Crippen LogP contribution is 2.24. The van der Waals surface area contributed by atoms with Gasteiger partial charge in [0.2, 0.25) is 0 Å². The normalized spacial score (nSPS) is 28.7. The summed E-state index contributed by atoms with van der Waals surface area (Å²) in [5.74, 6) is 1.33. The molecule has 0 saturated carbocycles. The quantitative estimate of drug-likeness (QED) is 0.557. The zero-order valence-corrected chi connectivity index (χ0v) is 16.4. The third kappa shape index (κ3) is 4.62. The van der Waals surface area contributed by atoms with Crippen molar-refractivity contribution in [3.8, 4) is 0 Å². The molecule has 0 radical (unpaired) electrons. The van der Waals surface area contributed by atoms with E-state index in [-0.39, 0.29) is 23.2 Å². The second-order valence-electron chi connectivity index (χ2n) is 7.36. The van der Waals surface area contributed by atoms with Crippen LogP contribution >= 0.6 is 0 Å². The van der Waals surface area contributed by atoms with Gasteiger partial charge in [0.05, 0.1) is 22.0 Å². The molecule has 0 aromatic carbocycles. The second kappa shape index (κ2) is 7.19. The molecule has 2 fully saturated rings. The maximum absolute atomic E-state index is 12.2. The van der Waals surface area contributed by atoms with Crippen LogP contribution < -0.4 is 5.32 Å². The number of hydrogen-bond donors (Lipinski definition) is 1. The Morgan fingerprint density at radius 3 is 2.50 bits per heavy atom. The first-order chi connectivity index (χ1) is 11.1. The lowest BCUT2D eigenvalue weighted by Gasteiger charge is -2.39. The number of aliphatic imine (C=N–C) groups is 1. The van der Waals surface area contributed by atoms with E-state index < -0.39 is 24.4 Å². The monoisotopic (exact) mass is 379 g/mol. The standard InChI is InChI=1S/C15H29N3O4S2/c1-4-6-16-14(17-10-13-5-8-23(19,20)11-13)18-7-9-24(21,22)15(2,3)12-18/h13H,4-12H2,1-3H3,(H,16,17). The van der Waals surface area contributed by atoms with Gasteiger partial charge in [-0.05, 0) is 32.6 Å². The molecule has 9 heteroatoms. The molecule has 2 saturated heterocycles. The molecule has 2 aliphatic heterocycles. The van der Waals surface area contributed by atoms with Crippen molar-refractivity contribution in [2.45, 2.75) is 38.4 Å². The van der Waals surface area contributed by atoms with E-state index in [1.54, 1.807) is 13.8 Å². The number of nitrogens with zero attached hydrogens (tertiary/aromatic N) is 2. The van der Waals surface area contributed by atoms with Gasteiger partial charge in [0, 0.05) is 26.2 Å². The number of sulfone groups is 2. The summed E-state index contributed by atoms with van der Waals surface area (Å²) in [6, 6.07) is 0. The van der Waals surface area contributed by atoms with Crippen molar-refractivity contribution in [1.82, 2.24) is 10.2 Å². The minimum Gasteiger partial charge on any atom is -0.356 e. The van der Waals surface area contributed by atoms with E-state index in [2.05, 4.69) is 17.2 Å². The molecule has 0 aromatic heterocycles. The van der Waals surface area contributed by atoms with Gasteiger partial charge in [-0.3, -0.25) is 4.99 Å². The van der Waals surface area contributed by atoms with Gasteiger partial charge in [-0.25, -0.2) is 16.8 Å². The summed E-state index contributed by atoms with van der Waals surface area (Å²) in [6.07, 6.45) is 1.60. The van der Waals surface area contributed by atoms with Gasteiger partial charge in [-0.2, -0.15) is 0 Å². The average Bonchev–Trinajstić information content (AvgIpc) is 2.82. The third-order valence-corrected chi connectivity index (χ3v) is 9.07. The van der Waals surface area contributed by atoms with Crippen molar-refractivity contribution in [3.63, 3.8) is 0 Å². The first-order valence-corrected chi connectivity index (χ1v) is 12.0. The van der Waals surface area contributed by atoms with E-state index in [9.17, 15) is 16.8 Å². The van der Waals surface area contributed by atoms with Crippen LogP contribution in [0.2, 0.25) is 0 Å². The predicted octanol–water partition coefficient (Wildman–Crippen LogP) is 0.286. The summed E-state index contributed by atoms with van der Waals surface area (Å²) in [7, 11) is -6.00. The van der Waals surface area contributed by atoms with Crippen molar-refractivity contribution < 1.29 is 16.8 Å². The van der Waals surface area contributed by atoms with E-state index in [4.69, 9.17) is 0 Å². The lowest BCUT2D eigenvalue weighted by Crippen LogP contribution is -2.57. The van der Waals surface area contributed by atoms with Crippen molar-refractivity contribution >= 4 is 25.6 Å². The van der Waals surface area contributed by atoms with Gasteiger partial charge in [0.25, 0.3) is 0 Å². The molecular weight excluding hydrogens is 350 g/mol. The van der Waals surface area contributed by atoms with Gasteiger partial charge in [0.15, 0.2) is 25.6 Å². The lowest BCUT2D eigenvalue weighted by molar-refractivity contribution is 0.352. The fraction of sp³-hybridized carbons (Fsp3) is 0.933. The summed E-state index contributed by atoms with van der Waals surface area (Å²) in [5.41, 5.74) is 0. The van der Waals surface area contributed by atoms with E-state index in [0.29, 0.717) is 32.0 Å². The number of rotatable bonds is 4. The molecule has 0 amide bonds. The Morgan fingerprint density at radius 2 is 1.96 bits per heavy atom. The van der Waals surface area contributed by atoms with Crippen LogP contribution in [0.15, 0.2) is 4.99 Å². The lowest BCUT2D eigenvalue weighted by atomic mass is 10.1. The highest BCUT2D eigenvalue weighted by Gasteiger charge is 2.41. The smallest absolute Gasteiger partial charge is 0.194 e. The number of hydrogen-bond acceptors (Lipinski definition) is 5. The molecule has 2 aliphatic rings. The highest BCUT2D eigenvalue weighted by molar-refractivity contribution is 7.92. The Bertz CT molecular complexity index is 684. The molecule has 0 spiro atoms. The Hall–Kier alpha value is -0.830. The molecule has 0 bridgehead atoms. The van der Waals surface area contributed by atoms with Crippen LogP contribution in [0.1, 0.15) is 33.6 Å². The van der Waals surface area contributed by atoms with Crippen LogP contribution in [-0.2, 0) is 19.7 Å². The maximum atomic E-state index is 12.2. The second-order valence-corrected chi connectivity index (χ2v) is 12.3. The number of guanidine groups is 1. The molecule has 24 heavy (non-hydrogen) atoms. The van der Waals surface area contributed by atoms with E-state index >= 15 is 0 Å². The van der Waals surface area contributed by atoms with E-state index in [1.807, 2.05) is 4.90 Å². The van der Waals surface area contributed by atoms with Crippen molar-refractivity contribution in [1.29, 1.82) is 0 Å². The van der Waals surface area contributed by atoms with Gasteiger partial charge < -0.3 is 10.2 Å². The molecule has 0 aliphatic carbocycles. The van der Waals surface area contributed by atoms with Crippen molar-refractivity contribution in [2.24, 2.45) is 10.9 Å². The molecule has 1 unspecified atom stereocenters. The molecule has 7 nitrogen and oxygen atoms in total. The summed E-state index contributed by atoms with van der Waals surface area (Å²) in [4.78, 5) is 6.60. The van der Waals surface area contributed by atoms with Crippen molar-refractivity contribution in [2.75, 3.05) is 43.4 Å². The highest BCUT2D eigenvalue weighted by atomic mass is 32.2. The van der Waals surface area contributed by atoms with Crippen molar-refractivity contribution in [3.05, 3.63) is 0 Å². The predicted molar refractivity (Wildman–Crippen MR) is 96.8 cm³/mol. The number of nitrogens with one attached hydrogen (secondary N) is 1. The van der Waals surface area contributed by atoms with Gasteiger partial charge in [0.1, 0.15) is 0 Å². The molecular formula is C15H29N3O4S2. The van der Waals surface area contributed by atoms with Gasteiger partial charge in [-0.15, -0.1) is 0 Å².